The summed E-state index contributed by atoms with van der Waals surface area (Å²) in [6, 6.07) is 4.85. The average Bonchev–Trinajstić information content (AvgIpc) is 3.28. The van der Waals surface area contributed by atoms with Crippen molar-refractivity contribution in [2.24, 2.45) is 23.2 Å². The number of likely N-dealkylation sites (tertiary alicyclic amines) is 2. The number of hydrogen-bond acceptors (Lipinski definition) is 6. The summed E-state index contributed by atoms with van der Waals surface area (Å²) in [6.45, 7) is 6.27. The molecule has 11 nitrogen and oxygen atoms in total. The highest BCUT2D eigenvalue weighted by Gasteiger charge is 2.69. The zero-order chi connectivity index (χ0) is 28.3. The topological polar surface area (TPSA) is 155 Å². The second-order valence-electron chi connectivity index (χ2n) is 12.4. The number of carbonyl (C=O) groups is 4. The van der Waals surface area contributed by atoms with E-state index in [1.54, 1.807) is 34.1 Å². The largest absolute Gasteiger partial charge is 0.507 e. The van der Waals surface area contributed by atoms with Crippen molar-refractivity contribution in [2.75, 3.05) is 26.2 Å². The third-order valence-electron chi connectivity index (χ3n) is 9.68. The first kappa shape index (κ1) is 26.6. The first-order chi connectivity index (χ1) is 19.1. The highest BCUT2D eigenvalue weighted by atomic mass is 16.3. The molecule has 1 aromatic carbocycles. The maximum atomic E-state index is 14.0. The first-order valence-corrected chi connectivity index (χ1v) is 14.2. The Kier molecular flexibility index (Phi) is 6.52. The van der Waals surface area contributed by atoms with Gasteiger partial charge in [-0.15, -0.1) is 0 Å². The summed E-state index contributed by atoms with van der Waals surface area (Å²) >= 11 is 0. The summed E-state index contributed by atoms with van der Waals surface area (Å²) in [5, 5.41) is 27.6. The Morgan fingerprint density at radius 2 is 1.98 bits per heavy atom. The lowest BCUT2D eigenvalue weighted by Crippen LogP contribution is -2.59. The van der Waals surface area contributed by atoms with E-state index in [1.165, 1.54) is 0 Å². The molecule has 3 saturated heterocycles. The molecular weight excluding hydrogens is 514 g/mol. The Balaban J connectivity index is 1.25. The number of phenols is 1. The second-order valence-corrected chi connectivity index (χ2v) is 12.4. The summed E-state index contributed by atoms with van der Waals surface area (Å²) in [7, 11) is 0. The number of aromatic nitrogens is 1. The number of phenolic OH excluding ortho intramolecular Hbond substituents is 1. The summed E-state index contributed by atoms with van der Waals surface area (Å²) < 4.78 is 0. The molecule has 4 amide bonds. The Bertz CT molecular complexity index is 1370. The number of rotatable bonds is 7. The van der Waals surface area contributed by atoms with Gasteiger partial charge in [-0.2, -0.15) is 0 Å². The van der Waals surface area contributed by atoms with Crippen LogP contribution >= 0.6 is 0 Å². The fraction of sp³-hybridized carbons (Fsp3) is 0.586. The maximum absolute atomic E-state index is 14.0. The molecule has 40 heavy (non-hydrogen) atoms. The van der Waals surface area contributed by atoms with Gasteiger partial charge in [0, 0.05) is 43.0 Å². The number of benzene rings is 1. The Morgan fingerprint density at radius 1 is 1.20 bits per heavy atom. The zero-order valence-electron chi connectivity index (χ0n) is 22.9. The fourth-order valence-electron chi connectivity index (χ4n) is 7.00. The highest BCUT2D eigenvalue weighted by molar-refractivity contribution is 6.02. The Labute approximate surface area is 232 Å². The van der Waals surface area contributed by atoms with Crippen LogP contribution in [0.4, 0.5) is 0 Å². The number of piperidine rings is 2. The number of hydrogen-bond donors (Lipinski definition) is 5. The van der Waals surface area contributed by atoms with Crippen LogP contribution in [0.1, 0.15) is 50.0 Å². The minimum Gasteiger partial charge on any atom is -0.507 e. The Hall–Kier alpha value is -3.60. The van der Waals surface area contributed by atoms with Crippen molar-refractivity contribution in [3.63, 3.8) is 0 Å². The van der Waals surface area contributed by atoms with Gasteiger partial charge in [0.05, 0.1) is 6.04 Å². The molecular formula is C29H37N5O6. The van der Waals surface area contributed by atoms with Gasteiger partial charge in [0.2, 0.25) is 11.8 Å². The molecule has 11 heteroatoms. The van der Waals surface area contributed by atoms with E-state index in [4.69, 9.17) is 0 Å². The maximum Gasteiger partial charge on any atom is 0.271 e. The van der Waals surface area contributed by atoms with Crippen molar-refractivity contribution in [3.8, 4) is 5.75 Å². The highest BCUT2D eigenvalue weighted by Crippen LogP contribution is 2.65. The number of aliphatic hydroxyl groups excluding tert-OH is 1. The van der Waals surface area contributed by atoms with Crippen molar-refractivity contribution < 1.29 is 29.4 Å². The van der Waals surface area contributed by atoms with Crippen molar-refractivity contribution >= 4 is 34.5 Å². The van der Waals surface area contributed by atoms with E-state index in [1.807, 2.05) is 0 Å². The molecule has 2 aromatic rings. The normalized spacial score (nSPS) is 28.3. The Morgan fingerprint density at radius 3 is 2.65 bits per heavy atom. The van der Waals surface area contributed by atoms with E-state index in [2.05, 4.69) is 29.5 Å². The van der Waals surface area contributed by atoms with Crippen LogP contribution in [0, 0.1) is 23.2 Å². The lowest BCUT2D eigenvalue weighted by Gasteiger charge is -2.37. The number of carbonyl (C=O) groups excluding carboxylic acids is 4. The molecule has 1 unspecified atom stereocenters. The van der Waals surface area contributed by atoms with E-state index >= 15 is 0 Å². The molecule has 4 heterocycles. The third kappa shape index (κ3) is 4.40. The van der Waals surface area contributed by atoms with Gasteiger partial charge in [-0.1, -0.05) is 19.9 Å². The number of H-pyrrole nitrogens is 1. The van der Waals surface area contributed by atoms with Crippen LogP contribution in [-0.4, -0.2) is 93.0 Å². The molecule has 6 atom stereocenters. The molecule has 3 aliphatic heterocycles. The van der Waals surface area contributed by atoms with Crippen LogP contribution in [0.3, 0.4) is 0 Å². The number of nitrogens with one attached hydrogen (secondary N) is 3. The van der Waals surface area contributed by atoms with E-state index in [9.17, 15) is 29.4 Å². The van der Waals surface area contributed by atoms with Crippen LogP contribution in [-0.2, 0) is 14.4 Å². The monoisotopic (exact) mass is 551 g/mol. The van der Waals surface area contributed by atoms with E-state index in [-0.39, 0.29) is 46.9 Å². The molecule has 0 bridgehead atoms. The molecule has 5 N–H and O–H groups in total. The number of aromatic hydroxyl groups is 1. The number of amides is 4. The van der Waals surface area contributed by atoms with Gasteiger partial charge in [0.15, 0.2) is 6.10 Å². The van der Waals surface area contributed by atoms with E-state index in [0.717, 1.165) is 12.8 Å². The van der Waals surface area contributed by atoms with Crippen LogP contribution in [0.15, 0.2) is 24.3 Å². The van der Waals surface area contributed by atoms with Crippen molar-refractivity contribution in [1.29, 1.82) is 0 Å². The fourth-order valence-corrected chi connectivity index (χ4v) is 7.00. The number of aliphatic hydroxyl groups is 1. The van der Waals surface area contributed by atoms with Gasteiger partial charge in [-0.05, 0) is 61.1 Å². The van der Waals surface area contributed by atoms with Crippen molar-refractivity contribution in [2.45, 2.75) is 57.7 Å². The number of fused-ring (bicyclic) bond motifs is 2. The number of nitrogens with zero attached hydrogens (tertiary/aromatic N) is 2. The molecule has 1 aromatic heterocycles. The van der Waals surface area contributed by atoms with Crippen molar-refractivity contribution in [1.82, 2.24) is 25.4 Å². The van der Waals surface area contributed by atoms with Crippen LogP contribution in [0.5, 0.6) is 5.75 Å². The molecule has 0 spiro atoms. The SMILES string of the molecule is CC1(C)[C@@H]2[C@@H](C(=O)N[C@@H](C[C@@H]3CCCNC3=O)C(O)C(=O)N3CCC3)N(C(=O)c3cc4c(O)cccc4[nH]3)C[C@@H]21. The van der Waals surface area contributed by atoms with Gasteiger partial charge in [-0.3, -0.25) is 19.2 Å². The van der Waals surface area contributed by atoms with Crippen molar-refractivity contribution in [3.05, 3.63) is 30.0 Å². The lowest BCUT2D eigenvalue weighted by molar-refractivity contribution is -0.147. The molecule has 4 fully saturated rings. The zero-order valence-corrected chi connectivity index (χ0v) is 22.9. The smallest absolute Gasteiger partial charge is 0.271 e. The summed E-state index contributed by atoms with van der Waals surface area (Å²) in [5.74, 6) is -1.67. The predicted octanol–water partition coefficient (Wildman–Crippen LogP) is 0.964. The summed E-state index contributed by atoms with van der Waals surface area (Å²) in [5.41, 5.74) is 0.756. The van der Waals surface area contributed by atoms with Gasteiger partial charge < -0.3 is 35.6 Å². The third-order valence-corrected chi connectivity index (χ3v) is 9.68. The lowest BCUT2D eigenvalue weighted by atomic mass is 9.88. The second kappa shape index (κ2) is 9.79. The van der Waals surface area contributed by atoms with Gasteiger partial charge >= 0.3 is 0 Å². The molecule has 214 valence electrons. The molecule has 6 rings (SSSR count). The predicted molar refractivity (Wildman–Crippen MR) is 145 cm³/mol. The standard InChI is InChI=1S/C29H37N5O6/c1-29(2)17-14-34(27(39)20-13-16-18(31-20)7-3-8-21(16)35)23(22(17)29)26(38)32-19(12-15-6-4-9-30-25(15)37)24(36)28(40)33-10-5-11-33/h3,7-8,13,15,17,19,22-24,31,35-36H,4-6,9-12,14H2,1-2H3,(H,30,37)(H,32,38)/t15-,17-,19-,22-,23-,24?/m0/s1. The van der Waals surface area contributed by atoms with Gasteiger partial charge in [0.1, 0.15) is 17.5 Å². The van der Waals surface area contributed by atoms with Gasteiger partial charge in [-0.25, -0.2) is 0 Å². The average molecular weight is 552 g/mol. The first-order valence-electron chi connectivity index (χ1n) is 14.2. The van der Waals surface area contributed by atoms with Gasteiger partial charge in [0.25, 0.3) is 11.8 Å². The quantitative estimate of drug-likeness (QED) is 0.345. The van der Waals surface area contributed by atoms with Crippen LogP contribution < -0.4 is 10.6 Å². The van der Waals surface area contributed by atoms with E-state index in [0.29, 0.717) is 43.5 Å². The summed E-state index contributed by atoms with van der Waals surface area (Å²) in [6.07, 6.45) is 0.920. The minimum absolute atomic E-state index is 0.0583. The molecule has 0 radical (unpaired) electrons. The summed E-state index contributed by atoms with van der Waals surface area (Å²) in [4.78, 5) is 59.4. The number of aromatic amines is 1. The van der Waals surface area contributed by atoms with Crippen LogP contribution in [0.2, 0.25) is 0 Å². The molecule has 1 aliphatic carbocycles. The van der Waals surface area contributed by atoms with E-state index < -0.39 is 35.9 Å². The minimum atomic E-state index is -1.48. The molecule has 1 saturated carbocycles. The van der Waals surface area contributed by atoms with Crippen LogP contribution in [0.25, 0.3) is 10.9 Å². The molecule has 4 aliphatic rings.